The van der Waals surface area contributed by atoms with Crippen LogP contribution in [-0.2, 0) is 65.4 Å². The Morgan fingerprint density at radius 1 is 0.296 bits per heavy atom. The second kappa shape index (κ2) is 69.4. The number of phosphoric acid groups is 2. The van der Waals surface area contributed by atoms with Gasteiger partial charge < -0.3 is 33.8 Å². The number of hydrogen-bond acceptors (Lipinski definition) is 15. The smallest absolute Gasteiger partial charge is 0.462 e. The van der Waals surface area contributed by atoms with E-state index in [0.29, 0.717) is 25.7 Å². The summed E-state index contributed by atoms with van der Waals surface area (Å²) >= 11 is 0. The summed E-state index contributed by atoms with van der Waals surface area (Å²) in [7, 11) is -9.92. The van der Waals surface area contributed by atoms with Crippen LogP contribution in [-0.4, -0.2) is 96.7 Å². The fourth-order valence-corrected chi connectivity index (χ4v) is 13.7. The van der Waals surface area contributed by atoms with E-state index in [-0.39, 0.29) is 25.7 Å². The standard InChI is InChI=1S/C79H154O17P2/c1-8-10-11-12-13-14-15-16-17-21-24-32-39-46-53-60-76(81)89-66-74(95-78(83)62-55-48-41-33-25-22-19-18-20-23-29-36-43-50-57-70(3)4)68-93-97(85,86)91-64-73(80)65-92-98(87,88)94-69-75(67-90-77(82)61-54-47-40-35-28-30-37-44-51-58-71(5)6)96-79(84)63-56-49-42-34-27-26-31-38-45-52-59-72(7)9-2/h70-75,80H,8-69H2,1-7H3,(H,85,86)(H,87,88)/t72?,73-,74-,75-/m1/s1. The van der Waals surface area contributed by atoms with Gasteiger partial charge in [-0.15, -0.1) is 0 Å². The topological polar surface area (TPSA) is 237 Å². The number of esters is 4. The van der Waals surface area contributed by atoms with Gasteiger partial charge in [0.05, 0.1) is 26.4 Å². The van der Waals surface area contributed by atoms with Crippen molar-refractivity contribution in [2.45, 2.75) is 426 Å². The lowest BCUT2D eigenvalue weighted by Gasteiger charge is -2.21. The monoisotopic (exact) mass is 1440 g/mol. The first-order valence-corrected chi connectivity index (χ1v) is 43.9. The van der Waals surface area contributed by atoms with Crippen molar-refractivity contribution < 1.29 is 80.2 Å². The van der Waals surface area contributed by atoms with E-state index in [1.807, 2.05) is 0 Å². The molecule has 0 aromatic rings. The Kier molecular flexibility index (Phi) is 68.1. The maximum absolute atomic E-state index is 13.1. The molecule has 0 aliphatic carbocycles. The van der Waals surface area contributed by atoms with Gasteiger partial charge in [0.2, 0.25) is 0 Å². The molecule has 0 heterocycles. The van der Waals surface area contributed by atoms with Crippen molar-refractivity contribution in [1.82, 2.24) is 0 Å². The first-order valence-electron chi connectivity index (χ1n) is 40.9. The summed E-state index contributed by atoms with van der Waals surface area (Å²) in [5.41, 5.74) is 0. The minimum absolute atomic E-state index is 0.106. The Labute approximate surface area is 600 Å². The number of carbonyl (C=O) groups excluding carboxylic acids is 4. The molecule has 98 heavy (non-hydrogen) atoms. The highest BCUT2D eigenvalue weighted by atomic mass is 31.2. The lowest BCUT2D eigenvalue weighted by atomic mass is 9.99. The number of aliphatic hydroxyl groups is 1. The second-order valence-electron chi connectivity index (χ2n) is 29.6. The van der Waals surface area contributed by atoms with E-state index >= 15 is 0 Å². The fraction of sp³-hybridized carbons (Fsp3) is 0.949. The third-order valence-electron chi connectivity index (χ3n) is 18.7. The average Bonchev–Trinajstić information content (AvgIpc) is 1.05. The molecule has 0 amide bonds. The van der Waals surface area contributed by atoms with Gasteiger partial charge in [0.25, 0.3) is 0 Å². The summed E-state index contributed by atoms with van der Waals surface area (Å²) in [4.78, 5) is 73.0. The van der Waals surface area contributed by atoms with E-state index in [4.69, 9.17) is 37.0 Å². The van der Waals surface area contributed by atoms with Gasteiger partial charge >= 0.3 is 39.5 Å². The van der Waals surface area contributed by atoms with Crippen molar-refractivity contribution in [3.63, 3.8) is 0 Å². The molecular weight excluding hydrogens is 1280 g/mol. The number of phosphoric ester groups is 2. The third-order valence-corrected chi connectivity index (χ3v) is 20.6. The molecule has 0 saturated heterocycles. The van der Waals surface area contributed by atoms with Crippen LogP contribution in [0.2, 0.25) is 0 Å². The number of aliphatic hydroxyl groups excluding tert-OH is 1. The number of unbranched alkanes of at least 4 members (excludes halogenated alkanes) is 44. The maximum atomic E-state index is 13.1. The summed E-state index contributed by atoms with van der Waals surface area (Å²) in [5.74, 6) is 0.230. The van der Waals surface area contributed by atoms with E-state index in [2.05, 4.69) is 48.5 Å². The molecule has 0 radical (unpaired) electrons. The van der Waals surface area contributed by atoms with Gasteiger partial charge in [-0.25, -0.2) is 9.13 Å². The van der Waals surface area contributed by atoms with Crippen LogP contribution in [0, 0.1) is 17.8 Å². The van der Waals surface area contributed by atoms with Crippen molar-refractivity contribution in [3.05, 3.63) is 0 Å². The van der Waals surface area contributed by atoms with Crippen molar-refractivity contribution in [2.24, 2.45) is 17.8 Å². The van der Waals surface area contributed by atoms with Gasteiger partial charge in [-0.2, -0.15) is 0 Å². The Morgan fingerprint density at radius 2 is 0.520 bits per heavy atom. The lowest BCUT2D eigenvalue weighted by molar-refractivity contribution is -0.161. The molecular formula is C79H154O17P2. The maximum Gasteiger partial charge on any atom is 0.472 e. The molecule has 0 rings (SSSR count). The Balaban J connectivity index is 5.27. The van der Waals surface area contributed by atoms with Gasteiger partial charge in [0.15, 0.2) is 12.2 Å². The number of hydrogen-bond donors (Lipinski definition) is 3. The van der Waals surface area contributed by atoms with Gasteiger partial charge in [-0.1, -0.05) is 357 Å². The van der Waals surface area contributed by atoms with Crippen molar-refractivity contribution in [3.8, 4) is 0 Å². The molecule has 3 unspecified atom stereocenters. The van der Waals surface area contributed by atoms with Crippen LogP contribution in [0.5, 0.6) is 0 Å². The van der Waals surface area contributed by atoms with Crippen LogP contribution in [0.15, 0.2) is 0 Å². The van der Waals surface area contributed by atoms with Gasteiger partial charge in [0.1, 0.15) is 19.3 Å². The van der Waals surface area contributed by atoms with E-state index in [1.165, 1.54) is 218 Å². The third kappa shape index (κ3) is 71.1. The van der Waals surface area contributed by atoms with E-state index in [9.17, 15) is 43.2 Å². The van der Waals surface area contributed by atoms with Crippen LogP contribution in [0.25, 0.3) is 0 Å². The summed E-state index contributed by atoms with van der Waals surface area (Å²) in [6.07, 6.45) is 56.7. The number of ether oxygens (including phenoxy) is 4. The quantitative estimate of drug-likeness (QED) is 0.0222. The van der Waals surface area contributed by atoms with Gasteiger partial charge in [-0.05, 0) is 43.4 Å². The normalized spacial score (nSPS) is 14.3. The van der Waals surface area contributed by atoms with E-state index < -0.39 is 97.5 Å². The zero-order valence-corrected chi connectivity index (χ0v) is 66.0. The molecule has 0 saturated carbocycles. The first-order chi connectivity index (χ1) is 47.3. The molecule has 0 aromatic carbocycles. The van der Waals surface area contributed by atoms with Crippen molar-refractivity contribution in [1.29, 1.82) is 0 Å². The highest BCUT2D eigenvalue weighted by Crippen LogP contribution is 2.45. The fourth-order valence-electron chi connectivity index (χ4n) is 12.1. The largest absolute Gasteiger partial charge is 0.472 e. The lowest BCUT2D eigenvalue weighted by Crippen LogP contribution is -2.30. The van der Waals surface area contributed by atoms with Crippen LogP contribution in [0.3, 0.4) is 0 Å². The van der Waals surface area contributed by atoms with Gasteiger partial charge in [0, 0.05) is 25.7 Å². The van der Waals surface area contributed by atoms with E-state index in [0.717, 1.165) is 108 Å². The summed E-state index contributed by atoms with van der Waals surface area (Å²) in [5, 5.41) is 10.6. The molecule has 0 fully saturated rings. The van der Waals surface area contributed by atoms with Gasteiger partial charge in [-0.3, -0.25) is 37.3 Å². The molecule has 6 atom stereocenters. The number of rotatable bonds is 77. The zero-order chi connectivity index (χ0) is 72.3. The summed E-state index contributed by atoms with van der Waals surface area (Å²) in [6, 6.07) is 0. The molecule has 0 aliphatic rings. The second-order valence-corrected chi connectivity index (χ2v) is 32.6. The predicted molar refractivity (Wildman–Crippen MR) is 400 cm³/mol. The SMILES string of the molecule is CCCCCCCCCCCCCCCCCC(=O)OC[C@H](COP(=O)(O)OC[C@@H](O)COP(=O)(O)OC[C@@H](COC(=O)CCCCCCCCCCCC(C)C)OC(=O)CCCCCCCCCCCCC(C)CC)OC(=O)CCCCCCCCCCCCCCCCC(C)C. The van der Waals surface area contributed by atoms with Crippen molar-refractivity contribution in [2.75, 3.05) is 39.6 Å². The number of carbonyl (C=O) groups is 4. The highest BCUT2D eigenvalue weighted by molar-refractivity contribution is 7.47. The Morgan fingerprint density at radius 3 is 0.776 bits per heavy atom. The van der Waals surface area contributed by atoms with Crippen LogP contribution in [0.4, 0.5) is 0 Å². The first kappa shape index (κ1) is 96.1. The highest BCUT2D eigenvalue weighted by Gasteiger charge is 2.30. The molecule has 0 aromatic heterocycles. The minimum Gasteiger partial charge on any atom is -0.462 e. The Bertz CT molecular complexity index is 1910. The minimum atomic E-state index is -4.96. The Hall–Kier alpha value is -1.94. The summed E-state index contributed by atoms with van der Waals surface area (Å²) in [6.45, 7) is 12.0. The van der Waals surface area contributed by atoms with Crippen LogP contribution < -0.4 is 0 Å². The molecule has 0 spiro atoms. The van der Waals surface area contributed by atoms with E-state index in [1.54, 1.807) is 0 Å². The molecule has 582 valence electrons. The average molecular weight is 1440 g/mol. The van der Waals surface area contributed by atoms with Crippen LogP contribution in [0.1, 0.15) is 408 Å². The van der Waals surface area contributed by atoms with Crippen molar-refractivity contribution >= 4 is 39.5 Å². The predicted octanol–water partition coefficient (Wildman–Crippen LogP) is 23.4. The molecule has 17 nitrogen and oxygen atoms in total. The van der Waals surface area contributed by atoms with Crippen LogP contribution >= 0.6 is 15.6 Å². The molecule has 0 aliphatic heterocycles. The zero-order valence-electron chi connectivity index (χ0n) is 64.3. The molecule has 0 bridgehead atoms. The summed E-state index contributed by atoms with van der Waals surface area (Å²) < 4.78 is 68.7. The molecule has 19 heteroatoms. The molecule has 3 N–H and O–H groups in total.